The van der Waals surface area contributed by atoms with Crippen molar-refractivity contribution < 1.29 is 9.59 Å². The van der Waals surface area contributed by atoms with Crippen molar-refractivity contribution in [1.29, 1.82) is 0 Å². The standard InChI is InChI=1S/C26H37N3O2/c1-18(2)19-9-11-20(12-10-19)28-15-13-26(14-16-28)23-22(24(30)27(3)25(23)31)17-29(26)21-7-5-4-6-8-21/h4-8,18-20,22-23H,9-17H2,1-3H3. The second-order valence-corrected chi connectivity index (χ2v) is 10.7. The van der Waals surface area contributed by atoms with E-state index in [1.807, 2.05) is 6.07 Å². The zero-order chi connectivity index (χ0) is 21.8. The molecule has 2 atom stereocenters. The SMILES string of the molecule is CC(C)C1CCC(N2CCC3(CC2)C2C(=O)N(C)C(=O)C2CN3c2ccccc2)CC1. The van der Waals surface area contributed by atoms with Crippen molar-refractivity contribution >= 4 is 17.5 Å². The predicted octanol–water partition coefficient (Wildman–Crippen LogP) is 3.79. The van der Waals surface area contributed by atoms with E-state index in [4.69, 9.17) is 0 Å². The highest BCUT2D eigenvalue weighted by molar-refractivity contribution is 6.07. The van der Waals surface area contributed by atoms with Crippen LogP contribution in [0, 0.1) is 23.7 Å². The van der Waals surface area contributed by atoms with Crippen molar-refractivity contribution in [2.45, 2.75) is 64.0 Å². The number of imide groups is 1. The van der Waals surface area contributed by atoms with Gasteiger partial charge in [-0.2, -0.15) is 0 Å². The Balaban J connectivity index is 1.37. The number of likely N-dealkylation sites (tertiary alicyclic amines) is 2. The van der Waals surface area contributed by atoms with Gasteiger partial charge in [0.2, 0.25) is 11.8 Å². The lowest BCUT2D eigenvalue weighted by atomic mass is 9.73. The van der Waals surface area contributed by atoms with Gasteiger partial charge in [0.1, 0.15) is 0 Å². The van der Waals surface area contributed by atoms with Crippen LogP contribution in [0.4, 0.5) is 5.69 Å². The van der Waals surface area contributed by atoms with Crippen LogP contribution in [0.15, 0.2) is 30.3 Å². The molecule has 4 aliphatic rings. The molecule has 0 aromatic heterocycles. The van der Waals surface area contributed by atoms with E-state index in [9.17, 15) is 9.59 Å². The number of benzene rings is 1. The van der Waals surface area contributed by atoms with E-state index >= 15 is 0 Å². The molecule has 1 spiro atoms. The van der Waals surface area contributed by atoms with Crippen molar-refractivity contribution in [2.75, 3.05) is 31.6 Å². The van der Waals surface area contributed by atoms with Crippen molar-refractivity contribution in [3.05, 3.63) is 30.3 Å². The summed E-state index contributed by atoms with van der Waals surface area (Å²) in [7, 11) is 1.67. The Labute approximate surface area is 186 Å². The smallest absolute Gasteiger partial charge is 0.235 e. The first-order valence-electron chi connectivity index (χ1n) is 12.3. The molecule has 3 aliphatic heterocycles. The van der Waals surface area contributed by atoms with Crippen molar-refractivity contribution in [3.63, 3.8) is 0 Å². The van der Waals surface area contributed by atoms with E-state index in [0.717, 1.165) is 43.5 Å². The molecule has 3 heterocycles. The lowest BCUT2D eigenvalue weighted by Gasteiger charge is -2.50. The van der Waals surface area contributed by atoms with Gasteiger partial charge in [-0.05, 0) is 62.5 Å². The molecular weight excluding hydrogens is 386 g/mol. The van der Waals surface area contributed by atoms with Crippen LogP contribution in [0.1, 0.15) is 52.4 Å². The number of anilines is 1. The molecule has 1 aliphatic carbocycles. The molecule has 0 radical (unpaired) electrons. The number of carbonyl (C=O) groups excluding carboxylic acids is 2. The molecular formula is C26H37N3O2. The highest BCUT2D eigenvalue weighted by Gasteiger charge is 2.64. The maximum Gasteiger partial charge on any atom is 0.235 e. The second kappa shape index (κ2) is 7.91. The van der Waals surface area contributed by atoms with Gasteiger partial charge in [-0.1, -0.05) is 32.0 Å². The van der Waals surface area contributed by atoms with Gasteiger partial charge >= 0.3 is 0 Å². The summed E-state index contributed by atoms with van der Waals surface area (Å²) >= 11 is 0. The average Bonchev–Trinajstić information content (AvgIpc) is 3.23. The van der Waals surface area contributed by atoms with E-state index in [1.54, 1.807) is 7.05 Å². The molecule has 4 fully saturated rings. The summed E-state index contributed by atoms with van der Waals surface area (Å²) in [5.74, 6) is 1.36. The quantitative estimate of drug-likeness (QED) is 0.694. The topological polar surface area (TPSA) is 43.9 Å². The van der Waals surface area contributed by atoms with E-state index < -0.39 is 0 Å². The minimum Gasteiger partial charge on any atom is -0.364 e. The fourth-order valence-corrected chi connectivity index (χ4v) is 7.18. The van der Waals surface area contributed by atoms with Gasteiger partial charge in [-0.15, -0.1) is 0 Å². The van der Waals surface area contributed by atoms with Gasteiger partial charge in [0, 0.05) is 38.4 Å². The molecule has 0 N–H and O–H groups in total. The third-order valence-corrected chi connectivity index (χ3v) is 9.07. The number of rotatable bonds is 3. The number of nitrogens with zero attached hydrogens (tertiary/aromatic N) is 3. The monoisotopic (exact) mass is 423 g/mol. The number of piperidine rings is 1. The molecule has 2 unspecified atom stereocenters. The number of hydrogen-bond acceptors (Lipinski definition) is 4. The van der Waals surface area contributed by atoms with Crippen LogP contribution in [0.5, 0.6) is 0 Å². The van der Waals surface area contributed by atoms with Crippen LogP contribution >= 0.6 is 0 Å². The molecule has 2 amide bonds. The largest absolute Gasteiger partial charge is 0.364 e. The molecule has 1 aromatic rings. The van der Waals surface area contributed by atoms with Gasteiger partial charge in [-0.25, -0.2) is 0 Å². The minimum atomic E-state index is -0.227. The van der Waals surface area contributed by atoms with E-state index in [2.05, 4.69) is 47.9 Å². The molecule has 0 bridgehead atoms. The Kier molecular flexibility index (Phi) is 5.36. The third-order valence-electron chi connectivity index (χ3n) is 9.07. The normalized spacial score (nSPS) is 33.5. The molecule has 5 nitrogen and oxygen atoms in total. The number of fused-ring (bicyclic) bond motifs is 2. The molecule has 5 rings (SSSR count). The van der Waals surface area contributed by atoms with E-state index in [-0.39, 0.29) is 29.2 Å². The Morgan fingerprint density at radius 2 is 1.58 bits per heavy atom. The van der Waals surface area contributed by atoms with Crippen LogP contribution in [0.25, 0.3) is 0 Å². The fraction of sp³-hybridized carbons (Fsp3) is 0.692. The first kappa shape index (κ1) is 21.0. The summed E-state index contributed by atoms with van der Waals surface area (Å²) in [6, 6.07) is 11.1. The Hall–Kier alpha value is -1.88. The Bertz CT molecular complexity index is 822. The van der Waals surface area contributed by atoms with Gasteiger partial charge in [0.15, 0.2) is 0 Å². The average molecular weight is 424 g/mol. The van der Waals surface area contributed by atoms with Gasteiger partial charge in [0.05, 0.1) is 17.4 Å². The maximum absolute atomic E-state index is 13.2. The molecule has 3 saturated heterocycles. The number of para-hydroxylation sites is 1. The lowest BCUT2D eigenvalue weighted by Crippen LogP contribution is -2.59. The molecule has 1 saturated carbocycles. The first-order chi connectivity index (χ1) is 14.9. The minimum absolute atomic E-state index is 0.0160. The van der Waals surface area contributed by atoms with Gasteiger partial charge in [-0.3, -0.25) is 14.5 Å². The van der Waals surface area contributed by atoms with Crippen molar-refractivity contribution in [3.8, 4) is 0 Å². The summed E-state index contributed by atoms with van der Waals surface area (Å²) in [6.45, 7) is 7.47. The van der Waals surface area contributed by atoms with E-state index in [1.165, 1.54) is 30.6 Å². The highest BCUT2D eigenvalue weighted by atomic mass is 16.2. The van der Waals surface area contributed by atoms with Crippen LogP contribution in [0.2, 0.25) is 0 Å². The van der Waals surface area contributed by atoms with Gasteiger partial charge < -0.3 is 9.80 Å². The Morgan fingerprint density at radius 3 is 2.19 bits per heavy atom. The Morgan fingerprint density at radius 1 is 0.935 bits per heavy atom. The summed E-state index contributed by atoms with van der Waals surface area (Å²) in [6.07, 6.45) is 7.26. The number of amides is 2. The second-order valence-electron chi connectivity index (χ2n) is 10.7. The summed E-state index contributed by atoms with van der Waals surface area (Å²) < 4.78 is 0. The number of hydrogen-bond donors (Lipinski definition) is 0. The van der Waals surface area contributed by atoms with Crippen LogP contribution in [0.3, 0.4) is 0 Å². The summed E-state index contributed by atoms with van der Waals surface area (Å²) in [5.41, 5.74) is 0.931. The highest BCUT2D eigenvalue weighted by Crippen LogP contribution is 2.51. The predicted molar refractivity (Wildman–Crippen MR) is 123 cm³/mol. The lowest BCUT2D eigenvalue weighted by molar-refractivity contribution is -0.139. The molecule has 168 valence electrons. The fourth-order valence-electron chi connectivity index (χ4n) is 7.18. The van der Waals surface area contributed by atoms with Gasteiger partial charge in [0.25, 0.3) is 0 Å². The van der Waals surface area contributed by atoms with Crippen LogP contribution < -0.4 is 4.90 Å². The van der Waals surface area contributed by atoms with Crippen molar-refractivity contribution in [2.24, 2.45) is 23.7 Å². The van der Waals surface area contributed by atoms with Crippen molar-refractivity contribution in [1.82, 2.24) is 9.80 Å². The number of carbonyl (C=O) groups is 2. The zero-order valence-corrected chi connectivity index (χ0v) is 19.3. The maximum atomic E-state index is 13.2. The summed E-state index contributed by atoms with van der Waals surface area (Å²) in [4.78, 5) is 32.6. The van der Waals surface area contributed by atoms with E-state index in [0.29, 0.717) is 12.6 Å². The summed E-state index contributed by atoms with van der Waals surface area (Å²) in [5, 5.41) is 0. The zero-order valence-electron chi connectivity index (χ0n) is 19.3. The van der Waals surface area contributed by atoms with Crippen LogP contribution in [-0.2, 0) is 9.59 Å². The first-order valence-corrected chi connectivity index (χ1v) is 12.3. The molecule has 1 aromatic carbocycles. The van der Waals surface area contributed by atoms with Crippen LogP contribution in [-0.4, -0.2) is 59.9 Å². The molecule has 31 heavy (non-hydrogen) atoms. The third kappa shape index (κ3) is 3.31. The molecule has 5 heteroatoms.